The smallest absolute Gasteiger partial charge is 0.341 e. The van der Waals surface area contributed by atoms with Crippen LogP contribution in [-0.2, 0) is 0 Å². The molecule has 2 rings (SSSR count). The minimum Gasteiger partial charge on any atom is -0.477 e. The van der Waals surface area contributed by atoms with E-state index < -0.39 is 11.4 Å². The van der Waals surface area contributed by atoms with Crippen molar-refractivity contribution in [1.82, 2.24) is 9.97 Å². The van der Waals surface area contributed by atoms with Crippen molar-refractivity contribution < 1.29 is 9.90 Å². The van der Waals surface area contributed by atoms with Gasteiger partial charge in [0.1, 0.15) is 11.1 Å². The van der Waals surface area contributed by atoms with Gasteiger partial charge < -0.3 is 10.1 Å². The van der Waals surface area contributed by atoms with Crippen LogP contribution in [-0.4, -0.2) is 21.0 Å². The second kappa shape index (κ2) is 3.47. The van der Waals surface area contributed by atoms with E-state index in [4.69, 9.17) is 5.11 Å². The summed E-state index contributed by atoms with van der Waals surface area (Å²) in [6, 6.07) is 1.67. The van der Waals surface area contributed by atoms with E-state index in [1.54, 1.807) is 6.07 Å². The van der Waals surface area contributed by atoms with Gasteiger partial charge in [-0.2, -0.15) is 0 Å². The number of halogens is 1. The fraction of sp³-hybridized carbons (Fsp3) is 0. The lowest BCUT2D eigenvalue weighted by Crippen LogP contribution is -2.16. The maximum atomic E-state index is 11.6. The van der Waals surface area contributed by atoms with Gasteiger partial charge in [0.25, 0.3) is 0 Å². The molecular weight excluding hydrogens is 264 g/mol. The summed E-state index contributed by atoms with van der Waals surface area (Å²) in [5.41, 5.74) is -0.289. The van der Waals surface area contributed by atoms with Crippen LogP contribution in [0, 0.1) is 0 Å². The molecule has 0 amide bonds. The maximum absolute atomic E-state index is 11.6. The first kappa shape index (κ1) is 9.85. The Kier molecular flexibility index (Phi) is 2.28. The normalized spacial score (nSPS) is 10.5. The predicted octanol–water partition coefficient (Wildman–Crippen LogP) is 1.38. The third-order valence-electron chi connectivity index (χ3n) is 1.95. The first-order valence-corrected chi connectivity index (χ1v) is 4.80. The molecule has 5 nitrogen and oxygen atoms in total. The number of nitrogens with zero attached hydrogens (tertiary/aromatic N) is 1. The van der Waals surface area contributed by atoms with Crippen LogP contribution in [0.3, 0.4) is 0 Å². The van der Waals surface area contributed by atoms with Gasteiger partial charge >= 0.3 is 5.97 Å². The number of aromatic carboxylic acids is 1. The number of carboxylic acid groups (broad SMARTS) is 1. The Bertz CT molecular complexity index is 606. The van der Waals surface area contributed by atoms with Crippen LogP contribution in [0.2, 0.25) is 0 Å². The van der Waals surface area contributed by atoms with Crippen molar-refractivity contribution in [2.75, 3.05) is 0 Å². The molecule has 0 aliphatic carbocycles. The van der Waals surface area contributed by atoms with Crippen LogP contribution in [0.4, 0.5) is 0 Å². The molecule has 0 unspecified atom stereocenters. The number of hydrogen-bond donors (Lipinski definition) is 2. The van der Waals surface area contributed by atoms with Gasteiger partial charge in [0.2, 0.25) is 5.43 Å². The highest BCUT2D eigenvalue weighted by Crippen LogP contribution is 2.17. The Labute approximate surface area is 91.9 Å². The molecule has 0 fully saturated rings. The molecule has 0 spiro atoms. The highest BCUT2D eigenvalue weighted by atomic mass is 79.9. The molecular formula is C9H5BrN2O3. The number of aromatic nitrogens is 2. The minimum atomic E-state index is -1.26. The molecule has 0 atom stereocenters. The molecule has 0 saturated heterocycles. The Morgan fingerprint density at radius 3 is 2.93 bits per heavy atom. The fourth-order valence-electron chi connectivity index (χ4n) is 1.24. The standard InChI is InChI=1S/C9H5BrN2O3/c10-5-1-2-11-7-6(5)12-3-4(8(7)13)9(14)15/h1-3H,(H,12,13)(H,14,15). The lowest BCUT2D eigenvalue weighted by molar-refractivity contribution is 0.0695. The van der Waals surface area contributed by atoms with Gasteiger partial charge in [-0.05, 0) is 22.0 Å². The van der Waals surface area contributed by atoms with Gasteiger partial charge in [0, 0.05) is 16.9 Å². The zero-order valence-corrected chi connectivity index (χ0v) is 8.91. The summed E-state index contributed by atoms with van der Waals surface area (Å²) in [6.07, 6.45) is 2.60. The molecule has 2 heterocycles. The highest BCUT2D eigenvalue weighted by molar-refractivity contribution is 9.10. The Morgan fingerprint density at radius 2 is 2.27 bits per heavy atom. The topological polar surface area (TPSA) is 83.0 Å². The van der Waals surface area contributed by atoms with E-state index in [0.717, 1.165) is 0 Å². The van der Waals surface area contributed by atoms with E-state index in [-0.39, 0.29) is 11.1 Å². The number of fused-ring (bicyclic) bond motifs is 1. The summed E-state index contributed by atoms with van der Waals surface area (Å²) in [5.74, 6) is -1.26. The Balaban J connectivity index is 2.92. The van der Waals surface area contributed by atoms with Crippen molar-refractivity contribution in [3.8, 4) is 0 Å². The van der Waals surface area contributed by atoms with Crippen molar-refractivity contribution in [3.63, 3.8) is 0 Å². The molecule has 0 aromatic carbocycles. The molecule has 15 heavy (non-hydrogen) atoms. The molecule has 0 aliphatic rings. The third kappa shape index (κ3) is 1.52. The number of nitrogens with one attached hydrogen (secondary N) is 1. The van der Waals surface area contributed by atoms with Crippen molar-refractivity contribution in [2.24, 2.45) is 0 Å². The van der Waals surface area contributed by atoms with Crippen LogP contribution < -0.4 is 5.43 Å². The molecule has 2 N–H and O–H groups in total. The number of carbonyl (C=O) groups is 1. The molecule has 0 radical (unpaired) electrons. The quantitative estimate of drug-likeness (QED) is 0.819. The van der Waals surface area contributed by atoms with E-state index in [1.165, 1.54) is 12.4 Å². The lowest BCUT2D eigenvalue weighted by Gasteiger charge is -2.00. The summed E-state index contributed by atoms with van der Waals surface area (Å²) in [6.45, 7) is 0. The number of pyridine rings is 2. The number of rotatable bonds is 1. The van der Waals surface area contributed by atoms with E-state index in [0.29, 0.717) is 9.99 Å². The van der Waals surface area contributed by atoms with E-state index in [2.05, 4.69) is 25.9 Å². The third-order valence-corrected chi connectivity index (χ3v) is 2.61. The first-order valence-electron chi connectivity index (χ1n) is 4.00. The van der Waals surface area contributed by atoms with Gasteiger partial charge in [0.15, 0.2) is 0 Å². The molecule has 2 aromatic rings. The van der Waals surface area contributed by atoms with Gasteiger partial charge in [-0.25, -0.2) is 4.79 Å². The number of H-pyrrole nitrogens is 1. The van der Waals surface area contributed by atoms with Gasteiger partial charge in [0.05, 0.1) is 5.52 Å². The molecule has 0 aliphatic heterocycles. The van der Waals surface area contributed by atoms with Gasteiger partial charge in [-0.1, -0.05) is 0 Å². The Hall–Kier alpha value is -1.69. The number of aromatic amines is 1. The van der Waals surface area contributed by atoms with Crippen LogP contribution >= 0.6 is 15.9 Å². The summed E-state index contributed by atoms with van der Waals surface area (Å²) in [7, 11) is 0. The van der Waals surface area contributed by atoms with Crippen LogP contribution in [0.5, 0.6) is 0 Å². The SMILES string of the molecule is O=C(O)c1c[nH]c2c(Br)ccnc2c1=O. The summed E-state index contributed by atoms with van der Waals surface area (Å²) < 4.78 is 0.668. The molecule has 6 heteroatoms. The monoisotopic (exact) mass is 268 g/mol. The van der Waals surface area contributed by atoms with Crippen molar-refractivity contribution in [2.45, 2.75) is 0 Å². The van der Waals surface area contributed by atoms with E-state index >= 15 is 0 Å². The predicted molar refractivity (Wildman–Crippen MR) is 57.0 cm³/mol. The largest absolute Gasteiger partial charge is 0.477 e. The van der Waals surface area contributed by atoms with Gasteiger partial charge in [-0.3, -0.25) is 9.78 Å². The summed E-state index contributed by atoms with van der Waals surface area (Å²) in [5, 5.41) is 8.73. The zero-order chi connectivity index (χ0) is 11.0. The summed E-state index contributed by atoms with van der Waals surface area (Å²) >= 11 is 3.24. The average Bonchev–Trinajstić information content (AvgIpc) is 2.19. The Morgan fingerprint density at radius 1 is 1.53 bits per heavy atom. The van der Waals surface area contributed by atoms with Gasteiger partial charge in [-0.15, -0.1) is 0 Å². The van der Waals surface area contributed by atoms with Crippen LogP contribution in [0.15, 0.2) is 27.7 Å². The average molecular weight is 269 g/mol. The lowest BCUT2D eigenvalue weighted by atomic mass is 10.2. The van der Waals surface area contributed by atoms with E-state index in [9.17, 15) is 9.59 Å². The molecule has 76 valence electrons. The second-order valence-electron chi connectivity index (χ2n) is 2.85. The van der Waals surface area contributed by atoms with Crippen LogP contribution in [0.1, 0.15) is 10.4 Å². The highest BCUT2D eigenvalue weighted by Gasteiger charge is 2.12. The molecule has 0 bridgehead atoms. The van der Waals surface area contributed by atoms with Crippen molar-refractivity contribution in [1.29, 1.82) is 0 Å². The molecule has 2 aromatic heterocycles. The zero-order valence-electron chi connectivity index (χ0n) is 7.32. The van der Waals surface area contributed by atoms with Crippen molar-refractivity contribution >= 4 is 32.9 Å². The van der Waals surface area contributed by atoms with E-state index in [1.807, 2.05) is 0 Å². The number of hydrogen-bond acceptors (Lipinski definition) is 3. The second-order valence-corrected chi connectivity index (χ2v) is 3.71. The summed E-state index contributed by atoms with van der Waals surface area (Å²) in [4.78, 5) is 28.9. The maximum Gasteiger partial charge on any atom is 0.341 e. The fourth-order valence-corrected chi connectivity index (χ4v) is 1.66. The van der Waals surface area contributed by atoms with Crippen LogP contribution in [0.25, 0.3) is 11.0 Å². The van der Waals surface area contributed by atoms with Crippen molar-refractivity contribution in [3.05, 3.63) is 38.7 Å². The first-order chi connectivity index (χ1) is 7.11. The number of carboxylic acids is 1. The molecule has 0 saturated carbocycles. The minimum absolute atomic E-state index is 0.115.